The van der Waals surface area contributed by atoms with Crippen LogP contribution in [-0.4, -0.2) is 13.2 Å². The van der Waals surface area contributed by atoms with E-state index >= 15 is 0 Å². The van der Waals surface area contributed by atoms with Crippen LogP contribution in [0.2, 0.25) is 0 Å². The van der Waals surface area contributed by atoms with Gasteiger partial charge >= 0.3 is 0 Å². The molecule has 2 aromatic carbocycles. The zero-order valence-electron chi connectivity index (χ0n) is 24.9. The Labute approximate surface area is 247 Å². The second-order valence-electron chi connectivity index (χ2n) is 10.9. The van der Waals surface area contributed by atoms with Gasteiger partial charge in [0.1, 0.15) is 46.9 Å². The molecule has 0 aromatic heterocycles. The van der Waals surface area contributed by atoms with Crippen LogP contribution in [-0.2, 0) is 0 Å². The van der Waals surface area contributed by atoms with Crippen LogP contribution in [0.15, 0.2) is 36.4 Å². The lowest BCUT2D eigenvalue weighted by Crippen LogP contribution is -2.35. The van der Waals surface area contributed by atoms with E-state index in [0.717, 1.165) is 38.5 Å². The van der Waals surface area contributed by atoms with Gasteiger partial charge in [-0.1, -0.05) is 103 Å². The van der Waals surface area contributed by atoms with Gasteiger partial charge in [0.2, 0.25) is 0 Å². The molecule has 0 radical (unpaired) electrons. The Morgan fingerprint density at radius 1 is 0.537 bits per heavy atom. The van der Waals surface area contributed by atoms with E-state index in [0.29, 0.717) is 35.8 Å². The fourth-order valence-electron chi connectivity index (χ4n) is 5.20. The van der Waals surface area contributed by atoms with Crippen molar-refractivity contribution in [1.29, 1.82) is 21.0 Å². The van der Waals surface area contributed by atoms with Crippen LogP contribution < -0.4 is 9.47 Å². The standard InChI is InChI=1S/C35H44N4O2/c1-3-5-7-9-11-13-21-35(22-14-12-10-8-6-4-2,27-40-33-19-15-17-29(23-36)31(33)25-38)28-41-34-20-16-18-30(24-37)32(34)26-39/h15-20H,3-14,21-22,27-28H2,1-2H3. The van der Waals surface area contributed by atoms with Crippen LogP contribution in [0, 0.1) is 50.7 Å². The van der Waals surface area contributed by atoms with Crippen molar-refractivity contribution in [3.63, 3.8) is 0 Å². The molecule has 0 saturated heterocycles. The molecule has 0 bridgehead atoms. The van der Waals surface area contributed by atoms with Crippen LogP contribution >= 0.6 is 0 Å². The largest absolute Gasteiger partial charge is 0.491 e. The summed E-state index contributed by atoms with van der Waals surface area (Å²) in [5.74, 6) is 0.817. The first-order chi connectivity index (χ1) is 20.1. The van der Waals surface area contributed by atoms with Crippen molar-refractivity contribution in [3.8, 4) is 35.8 Å². The highest BCUT2D eigenvalue weighted by Gasteiger charge is 2.33. The van der Waals surface area contributed by atoms with Gasteiger partial charge in [-0.25, -0.2) is 0 Å². The van der Waals surface area contributed by atoms with Crippen molar-refractivity contribution in [2.75, 3.05) is 13.2 Å². The fourth-order valence-corrected chi connectivity index (χ4v) is 5.20. The second kappa shape index (κ2) is 19.1. The molecule has 0 unspecified atom stereocenters. The topological polar surface area (TPSA) is 114 Å². The Morgan fingerprint density at radius 2 is 0.927 bits per heavy atom. The Hall–Kier alpha value is -4.00. The van der Waals surface area contributed by atoms with Gasteiger partial charge in [0.15, 0.2) is 0 Å². The molecule has 0 aliphatic rings. The number of nitriles is 4. The minimum absolute atomic E-state index is 0.248. The van der Waals surface area contributed by atoms with E-state index in [1.165, 1.54) is 51.4 Å². The van der Waals surface area contributed by atoms with Gasteiger partial charge in [-0.15, -0.1) is 0 Å². The second-order valence-corrected chi connectivity index (χ2v) is 10.9. The van der Waals surface area contributed by atoms with Gasteiger partial charge < -0.3 is 9.47 Å². The summed E-state index contributed by atoms with van der Waals surface area (Å²) >= 11 is 0. The minimum Gasteiger partial charge on any atom is -0.491 e. The molecule has 6 heteroatoms. The molecule has 0 heterocycles. The summed E-state index contributed by atoms with van der Waals surface area (Å²) in [6.45, 7) is 5.10. The summed E-state index contributed by atoms with van der Waals surface area (Å²) in [4.78, 5) is 0. The maximum Gasteiger partial charge on any atom is 0.138 e. The van der Waals surface area contributed by atoms with Crippen LogP contribution in [0.4, 0.5) is 0 Å². The highest BCUT2D eigenvalue weighted by molar-refractivity contribution is 5.54. The molecule has 2 aromatic rings. The molecule has 0 N–H and O–H groups in total. The molecule has 216 valence electrons. The van der Waals surface area contributed by atoms with E-state index in [4.69, 9.17) is 9.47 Å². The molecule has 0 aliphatic carbocycles. The van der Waals surface area contributed by atoms with Crippen LogP contribution in [0.25, 0.3) is 0 Å². The fraction of sp³-hybridized carbons (Fsp3) is 0.543. The number of hydrogen-bond donors (Lipinski definition) is 0. The molecule has 0 aliphatic heterocycles. The first-order valence-corrected chi connectivity index (χ1v) is 15.2. The van der Waals surface area contributed by atoms with Gasteiger partial charge in [-0.3, -0.25) is 0 Å². The van der Waals surface area contributed by atoms with Gasteiger partial charge in [0, 0.05) is 5.41 Å². The third-order valence-corrected chi connectivity index (χ3v) is 7.71. The average molecular weight is 553 g/mol. The molecule has 41 heavy (non-hydrogen) atoms. The summed E-state index contributed by atoms with van der Waals surface area (Å²) in [6, 6.07) is 18.7. The summed E-state index contributed by atoms with van der Waals surface area (Å²) < 4.78 is 12.7. The number of ether oxygens (including phenoxy) is 2. The van der Waals surface area contributed by atoms with Crippen molar-refractivity contribution < 1.29 is 9.47 Å². The maximum absolute atomic E-state index is 9.74. The molecule has 6 nitrogen and oxygen atoms in total. The van der Waals surface area contributed by atoms with E-state index in [2.05, 4.69) is 38.1 Å². The van der Waals surface area contributed by atoms with Gasteiger partial charge in [-0.2, -0.15) is 21.0 Å². The number of benzene rings is 2. The molecule has 0 amide bonds. The molecule has 0 atom stereocenters. The summed E-state index contributed by atoms with van der Waals surface area (Å²) in [5, 5.41) is 38.5. The Balaban J connectivity index is 2.34. The molecular weight excluding hydrogens is 508 g/mol. The zero-order chi connectivity index (χ0) is 29.8. The number of nitrogens with zero attached hydrogens (tertiary/aromatic N) is 4. The third-order valence-electron chi connectivity index (χ3n) is 7.71. The van der Waals surface area contributed by atoms with Gasteiger partial charge in [-0.05, 0) is 37.1 Å². The van der Waals surface area contributed by atoms with E-state index in [-0.39, 0.29) is 16.5 Å². The lowest BCUT2D eigenvalue weighted by molar-refractivity contribution is 0.0563. The molecule has 2 rings (SSSR count). The van der Waals surface area contributed by atoms with Crippen molar-refractivity contribution in [2.45, 2.75) is 104 Å². The predicted octanol–water partition coefficient (Wildman–Crippen LogP) is 9.12. The Kier molecular flexibility index (Phi) is 15.5. The summed E-state index contributed by atoms with van der Waals surface area (Å²) in [7, 11) is 0. The van der Waals surface area contributed by atoms with Crippen molar-refractivity contribution in [3.05, 3.63) is 58.7 Å². The third kappa shape index (κ3) is 10.8. The maximum atomic E-state index is 9.74. The van der Waals surface area contributed by atoms with Crippen molar-refractivity contribution >= 4 is 0 Å². The normalized spacial score (nSPS) is 10.7. The Morgan fingerprint density at radius 3 is 1.29 bits per heavy atom. The van der Waals surface area contributed by atoms with E-state index < -0.39 is 0 Å². The monoisotopic (exact) mass is 552 g/mol. The minimum atomic E-state index is -0.361. The van der Waals surface area contributed by atoms with Gasteiger partial charge in [0.05, 0.1) is 24.3 Å². The van der Waals surface area contributed by atoms with E-state index in [9.17, 15) is 21.0 Å². The smallest absolute Gasteiger partial charge is 0.138 e. The SMILES string of the molecule is CCCCCCCCC(CCCCCCCC)(COc1cccc(C#N)c1C#N)COc1cccc(C#N)c1C#N. The number of hydrogen-bond acceptors (Lipinski definition) is 6. The number of unbranched alkanes of at least 4 members (excludes halogenated alkanes) is 10. The zero-order valence-corrected chi connectivity index (χ0v) is 24.9. The molecular formula is C35H44N4O2. The van der Waals surface area contributed by atoms with Crippen molar-refractivity contribution in [1.82, 2.24) is 0 Å². The lowest BCUT2D eigenvalue weighted by Gasteiger charge is -2.34. The summed E-state index contributed by atoms with van der Waals surface area (Å²) in [6.07, 6.45) is 15.8. The Bertz CT molecular complexity index is 1150. The first-order valence-electron chi connectivity index (χ1n) is 15.2. The van der Waals surface area contributed by atoms with Crippen molar-refractivity contribution in [2.24, 2.45) is 5.41 Å². The predicted molar refractivity (Wildman–Crippen MR) is 161 cm³/mol. The highest BCUT2D eigenvalue weighted by atomic mass is 16.5. The number of rotatable bonds is 20. The van der Waals surface area contributed by atoms with Crippen LogP contribution in [0.1, 0.15) is 126 Å². The quantitative estimate of drug-likeness (QED) is 0.151. The average Bonchev–Trinajstić information content (AvgIpc) is 3.01. The van der Waals surface area contributed by atoms with E-state index in [1.54, 1.807) is 36.4 Å². The highest BCUT2D eigenvalue weighted by Crippen LogP contribution is 2.36. The molecule has 0 spiro atoms. The van der Waals surface area contributed by atoms with Crippen LogP contribution in [0.3, 0.4) is 0 Å². The first kappa shape index (κ1) is 33.2. The molecule has 0 saturated carbocycles. The summed E-state index contributed by atoms with van der Waals surface area (Å²) in [5.41, 5.74) is 0.728. The van der Waals surface area contributed by atoms with Gasteiger partial charge in [0.25, 0.3) is 0 Å². The van der Waals surface area contributed by atoms with E-state index in [1.807, 2.05) is 0 Å². The molecule has 0 fully saturated rings. The lowest BCUT2D eigenvalue weighted by atomic mass is 9.79. The van der Waals surface area contributed by atoms with Crippen LogP contribution in [0.5, 0.6) is 11.5 Å².